The maximum Gasteiger partial charge on any atom is 0.178 e. The number of piperidine rings is 1. The molecule has 3 aromatic carbocycles. The highest BCUT2D eigenvalue weighted by Gasteiger charge is 2.31. The second kappa shape index (κ2) is 12.4. The predicted octanol–water partition coefficient (Wildman–Crippen LogP) is 6.44. The molecule has 3 heterocycles. The molecule has 1 unspecified atom stereocenters. The first-order valence-electron chi connectivity index (χ1n) is 15.9. The van der Waals surface area contributed by atoms with Gasteiger partial charge in [0.25, 0.3) is 0 Å². The molecular formula is C36H38F3N5O. The summed E-state index contributed by atoms with van der Waals surface area (Å²) < 4.78 is 51.8. The summed E-state index contributed by atoms with van der Waals surface area (Å²) in [5, 5.41) is 0. The van der Waals surface area contributed by atoms with Crippen LogP contribution >= 0.6 is 0 Å². The Hall–Kier alpha value is -4.11. The molecule has 1 atom stereocenters. The first-order valence-corrected chi connectivity index (χ1v) is 15.9. The Morgan fingerprint density at radius 3 is 2.44 bits per heavy atom. The van der Waals surface area contributed by atoms with Gasteiger partial charge in [0.05, 0.1) is 24.1 Å². The summed E-state index contributed by atoms with van der Waals surface area (Å²) in [4.78, 5) is 15.2. The van der Waals surface area contributed by atoms with Gasteiger partial charge in [-0.05, 0) is 87.2 Å². The Morgan fingerprint density at radius 2 is 1.67 bits per heavy atom. The highest BCUT2D eigenvalue weighted by molar-refractivity contribution is 5.72. The van der Waals surface area contributed by atoms with Crippen LogP contribution in [0.5, 0.6) is 5.75 Å². The van der Waals surface area contributed by atoms with Gasteiger partial charge in [-0.2, -0.15) is 0 Å². The highest BCUT2D eigenvalue weighted by Crippen LogP contribution is 2.41. The fraction of sp³-hybridized carbons (Fsp3) is 0.389. The lowest BCUT2D eigenvalue weighted by molar-refractivity contribution is 0.249. The number of aromatic nitrogens is 2. The minimum absolute atomic E-state index is 0.0158. The lowest BCUT2D eigenvalue weighted by Gasteiger charge is -2.40. The highest BCUT2D eigenvalue weighted by atomic mass is 19.1. The summed E-state index contributed by atoms with van der Waals surface area (Å²) >= 11 is 0. The van der Waals surface area contributed by atoms with Crippen molar-refractivity contribution in [1.29, 1.82) is 0 Å². The molecule has 234 valence electrons. The van der Waals surface area contributed by atoms with E-state index < -0.39 is 11.6 Å². The predicted molar refractivity (Wildman–Crippen MR) is 171 cm³/mol. The zero-order chi connectivity index (χ0) is 31.1. The Bertz CT molecular complexity index is 1700. The van der Waals surface area contributed by atoms with Crippen molar-refractivity contribution in [2.75, 3.05) is 50.1 Å². The van der Waals surface area contributed by atoms with Crippen molar-refractivity contribution in [2.45, 2.75) is 50.6 Å². The van der Waals surface area contributed by atoms with Crippen molar-refractivity contribution in [2.24, 2.45) is 0 Å². The van der Waals surface area contributed by atoms with Gasteiger partial charge in [-0.3, -0.25) is 0 Å². The number of hydrogen-bond donors (Lipinski definition) is 0. The van der Waals surface area contributed by atoms with E-state index in [0.29, 0.717) is 47.5 Å². The van der Waals surface area contributed by atoms with Gasteiger partial charge in [0.1, 0.15) is 23.9 Å². The molecule has 0 saturated carbocycles. The number of aryl methyl sites for hydroxylation is 1. The third kappa shape index (κ3) is 5.98. The van der Waals surface area contributed by atoms with Gasteiger partial charge in [0, 0.05) is 37.2 Å². The molecule has 3 aliphatic rings. The zero-order valence-electron chi connectivity index (χ0n) is 25.8. The van der Waals surface area contributed by atoms with Crippen molar-refractivity contribution in [1.82, 2.24) is 14.9 Å². The molecule has 0 radical (unpaired) electrons. The average Bonchev–Trinajstić information content (AvgIpc) is 3.05. The summed E-state index contributed by atoms with van der Waals surface area (Å²) in [6, 6.07) is 17.4. The fourth-order valence-electron chi connectivity index (χ4n) is 7.18. The van der Waals surface area contributed by atoms with E-state index >= 15 is 13.2 Å². The van der Waals surface area contributed by atoms with Crippen LogP contribution in [0.1, 0.15) is 41.8 Å². The van der Waals surface area contributed by atoms with Crippen LogP contribution < -0.4 is 14.5 Å². The van der Waals surface area contributed by atoms with E-state index in [-0.39, 0.29) is 29.7 Å². The van der Waals surface area contributed by atoms with Crippen molar-refractivity contribution < 1.29 is 17.9 Å². The smallest absolute Gasteiger partial charge is 0.178 e. The van der Waals surface area contributed by atoms with E-state index in [2.05, 4.69) is 63.0 Å². The molecule has 6 nitrogen and oxygen atoms in total. The van der Waals surface area contributed by atoms with Crippen LogP contribution in [0.4, 0.5) is 24.5 Å². The molecule has 4 aromatic rings. The summed E-state index contributed by atoms with van der Waals surface area (Å²) in [6.07, 6.45) is 6.06. The van der Waals surface area contributed by atoms with E-state index in [9.17, 15) is 0 Å². The number of nitrogens with zero attached hydrogens (tertiary/aromatic N) is 5. The van der Waals surface area contributed by atoms with Gasteiger partial charge in [-0.1, -0.05) is 30.3 Å². The molecule has 7 rings (SSSR count). The van der Waals surface area contributed by atoms with Gasteiger partial charge in [-0.25, -0.2) is 23.1 Å². The summed E-state index contributed by atoms with van der Waals surface area (Å²) in [5.41, 5.74) is 4.90. The van der Waals surface area contributed by atoms with Crippen molar-refractivity contribution >= 4 is 11.4 Å². The topological polar surface area (TPSA) is 44.7 Å². The summed E-state index contributed by atoms with van der Waals surface area (Å²) in [6.45, 7) is 2.61. The van der Waals surface area contributed by atoms with Crippen LogP contribution in [0.25, 0.3) is 11.3 Å². The molecule has 0 N–H and O–H groups in total. The number of hydrogen-bond acceptors (Lipinski definition) is 6. The van der Waals surface area contributed by atoms with E-state index in [1.165, 1.54) is 23.3 Å². The monoisotopic (exact) mass is 613 g/mol. The molecule has 0 amide bonds. The van der Waals surface area contributed by atoms with Crippen LogP contribution in [-0.2, 0) is 19.3 Å². The molecule has 2 aliphatic heterocycles. The number of ether oxygens (including phenoxy) is 1. The van der Waals surface area contributed by atoms with E-state index in [1.807, 2.05) is 12.1 Å². The van der Waals surface area contributed by atoms with Crippen LogP contribution in [0.3, 0.4) is 0 Å². The van der Waals surface area contributed by atoms with E-state index in [0.717, 1.165) is 51.4 Å². The summed E-state index contributed by atoms with van der Waals surface area (Å²) in [7, 11) is 4.17. The van der Waals surface area contributed by atoms with Crippen LogP contribution in [-0.4, -0.2) is 67.3 Å². The van der Waals surface area contributed by atoms with Crippen LogP contribution in [0.15, 0.2) is 60.8 Å². The van der Waals surface area contributed by atoms with Gasteiger partial charge in [0.2, 0.25) is 0 Å². The van der Waals surface area contributed by atoms with Crippen molar-refractivity contribution in [3.05, 3.63) is 101 Å². The minimum atomic E-state index is -0.643. The van der Waals surface area contributed by atoms with Gasteiger partial charge >= 0.3 is 0 Å². The largest absolute Gasteiger partial charge is 0.486 e. The number of anilines is 2. The molecule has 45 heavy (non-hydrogen) atoms. The molecule has 1 saturated heterocycles. The Balaban J connectivity index is 1.12. The molecule has 1 aromatic heterocycles. The number of benzene rings is 3. The van der Waals surface area contributed by atoms with Crippen LogP contribution in [0, 0.1) is 17.5 Å². The van der Waals surface area contributed by atoms with Crippen LogP contribution in [0.2, 0.25) is 0 Å². The normalized spacial score (nSPS) is 18.5. The van der Waals surface area contributed by atoms with Gasteiger partial charge in [0.15, 0.2) is 17.4 Å². The molecule has 0 spiro atoms. The number of halogens is 3. The Morgan fingerprint density at radius 1 is 0.867 bits per heavy atom. The minimum Gasteiger partial charge on any atom is -0.486 e. The van der Waals surface area contributed by atoms with E-state index in [1.54, 1.807) is 6.07 Å². The molecule has 9 heteroatoms. The maximum atomic E-state index is 15.5. The van der Waals surface area contributed by atoms with Gasteiger partial charge in [-0.15, -0.1) is 0 Å². The van der Waals surface area contributed by atoms with Gasteiger partial charge < -0.3 is 19.4 Å². The number of fused-ring (bicyclic) bond motifs is 2. The Labute approximate surface area is 262 Å². The summed E-state index contributed by atoms with van der Waals surface area (Å²) in [5.74, 6) is -0.952. The first-order chi connectivity index (χ1) is 21.8. The molecule has 1 fully saturated rings. The zero-order valence-corrected chi connectivity index (χ0v) is 25.8. The average molecular weight is 614 g/mol. The lowest BCUT2D eigenvalue weighted by atomic mass is 9.87. The third-order valence-electron chi connectivity index (χ3n) is 9.65. The second-order valence-corrected chi connectivity index (χ2v) is 12.6. The molecule has 1 aliphatic carbocycles. The fourth-order valence-corrected chi connectivity index (χ4v) is 7.18. The van der Waals surface area contributed by atoms with Crippen molar-refractivity contribution in [3.8, 4) is 17.0 Å². The molecule has 0 bridgehead atoms. The first kappa shape index (κ1) is 29.6. The third-order valence-corrected chi connectivity index (χ3v) is 9.65. The standard InChI is InChI=1S/C36H38F3N5O/c1-42(2)27-11-13-43(14-12-27)32-10-7-23(17-29(32)37)18-34-40-22-31(39)35(41-34)26-20-30(38)36-33(21-26)44(15-16-45-36)28-9-8-24-5-3-4-6-25(24)19-28/h3-7,10,17,20-22,27-28H,8-9,11-16,18-19H2,1-2H3. The lowest BCUT2D eigenvalue weighted by Crippen LogP contribution is -2.44. The van der Waals surface area contributed by atoms with Crippen molar-refractivity contribution in [3.63, 3.8) is 0 Å². The Kier molecular flexibility index (Phi) is 8.12. The molecular weight excluding hydrogens is 575 g/mol. The quantitative estimate of drug-likeness (QED) is 0.250. The second-order valence-electron chi connectivity index (χ2n) is 12.6. The number of rotatable bonds is 6. The van der Waals surface area contributed by atoms with E-state index in [4.69, 9.17) is 4.74 Å². The maximum absolute atomic E-state index is 15.5. The SMILES string of the molecule is CN(C)C1CCN(c2ccc(Cc3ncc(F)c(-c4cc(F)c5c(c4)N(C4CCc6ccccc6C4)CCO5)n3)cc2F)CC1.